The van der Waals surface area contributed by atoms with Crippen molar-refractivity contribution in [3.63, 3.8) is 0 Å². The number of imidazole rings is 1. The van der Waals surface area contributed by atoms with Gasteiger partial charge in [0.25, 0.3) is 10.0 Å². The Labute approximate surface area is 184 Å². The molecule has 166 valence electrons. The van der Waals surface area contributed by atoms with E-state index >= 15 is 0 Å². The molecule has 0 aliphatic heterocycles. The van der Waals surface area contributed by atoms with Crippen molar-refractivity contribution in [2.24, 2.45) is 0 Å². The average molecular weight is 444 g/mol. The van der Waals surface area contributed by atoms with Crippen molar-refractivity contribution in [2.75, 3.05) is 13.7 Å². The smallest absolute Gasteiger partial charge is 0.262 e. The largest absolute Gasteiger partial charge is 0.497 e. The number of hydrogen-bond donors (Lipinski definition) is 1. The molecule has 2 atom stereocenters. The first-order valence-corrected chi connectivity index (χ1v) is 11.7. The molecule has 1 N–H and O–H groups in total. The maximum atomic E-state index is 13.5. The molecule has 31 heavy (non-hydrogen) atoms. The maximum Gasteiger partial charge on any atom is 0.262 e. The van der Waals surface area contributed by atoms with Gasteiger partial charge in [-0.25, -0.2) is 13.4 Å². The van der Waals surface area contributed by atoms with Gasteiger partial charge in [-0.15, -0.1) is 0 Å². The average Bonchev–Trinajstić information content (AvgIpc) is 3.30. The fraction of sp³-hybridized carbons (Fsp3) is 0.348. The molecular weight excluding hydrogens is 414 g/mol. The van der Waals surface area contributed by atoms with Crippen LogP contribution in [-0.4, -0.2) is 41.0 Å². The summed E-state index contributed by atoms with van der Waals surface area (Å²) in [6.07, 6.45) is 2.93. The highest BCUT2D eigenvalue weighted by Gasteiger charge is 2.30. The number of sulfonamides is 1. The number of benzene rings is 2. The molecule has 0 bridgehead atoms. The molecule has 1 heterocycles. The summed E-state index contributed by atoms with van der Waals surface area (Å²) in [5.41, 5.74) is 1.41. The fourth-order valence-electron chi connectivity index (χ4n) is 3.22. The van der Waals surface area contributed by atoms with Crippen LogP contribution in [0, 0.1) is 0 Å². The normalized spacial score (nSPS) is 13.8. The Morgan fingerprint density at radius 1 is 1.16 bits per heavy atom. The lowest BCUT2D eigenvalue weighted by molar-refractivity contribution is 0.145. The quantitative estimate of drug-likeness (QED) is 0.515. The Morgan fingerprint density at radius 2 is 1.90 bits per heavy atom. The van der Waals surface area contributed by atoms with E-state index in [-0.39, 0.29) is 24.2 Å². The van der Waals surface area contributed by atoms with Crippen molar-refractivity contribution in [1.29, 1.82) is 0 Å². The number of aliphatic hydroxyl groups excluding tert-OH is 1. The number of hydrogen-bond acceptors (Lipinski definition) is 5. The predicted molar refractivity (Wildman–Crippen MR) is 119 cm³/mol. The van der Waals surface area contributed by atoms with Crippen molar-refractivity contribution in [1.82, 2.24) is 13.9 Å². The highest BCUT2D eigenvalue weighted by molar-refractivity contribution is 7.89. The minimum atomic E-state index is -3.93. The van der Waals surface area contributed by atoms with Crippen molar-refractivity contribution in [3.8, 4) is 5.75 Å². The zero-order valence-electron chi connectivity index (χ0n) is 18.0. The van der Waals surface area contributed by atoms with Gasteiger partial charge in [-0.1, -0.05) is 49.4 Å². The van der Waals surface area contributed by atoms with Crippen molar-refractivity contribution >= 4 is 10.0 Å². The second-order valence-corrected chi connectivity index (χ2v) is 9.38. The number of rotatable bonds is 10. The third-order valence-corrected chi connectivity index (χ3v) is 7.04. The highest BCUT2D eigenvalue weighted by atomic mass is 32.2. The molecule has 0 aliphatic rings. The SMILES string of the molecule is CC[C@@H](C)n1cnc(S(=O)(=O)N(Cc2ccccc2)C[C@H](O)c2cccc(OC)c2)c1. The Bertz CT molecular complexity index is 1080. The van der Waals surface area contributed by atoms with Crippen LogP contribution in [0.3, 0.4) is 0 Å². The minimum absolute atomic E-state index is 0.0263. The summed E-state index contributed by atoms with van der Waals surface area (Å²) in [5.74, 6) is 0.598. The number of ether oxygens (including phenoxy) is 1. The van der Waals surface area contributed by atoms with Crippen molar-refractivity contribution < 1.29 is 18.3 Å². The molecule has 1 aromatic heterocycles. The van der Waals surface area contributed by atoms with E-state index in [0.717, 1.165) is 12.0 Å². The molecule has 3 aromatic rings. The third kappa shape index (κ3) is 5.52. The molecule has 3 rings (SSSR count). The zero-order chi connectivity index (χ0) is 22.4. The van der Waals surface area contributed by atoms with Crippen LogP contribution in [0.25, 0.3) is 0 Å². The summed E-state index contributed by atoms with van der Waals surface area (Å²) >= 11 is 0. The number of aromatic nitrogens is 2. The molecule has 7 nitrogen and oxygen atoms in total. The summed E-state index contributed by atoms with van der Waals surface area (Å²) in [5, 5.41) is 10.8. The lowest BCUT2D eigenvalue weighted by Crippen LogP contribution is -2.34. The first kappa shape index (κ1) is 23.0. The van der Waals surface area contributed by atoms with E-state index in [2.05, 4.69) is 4.98 Å². The molecule has 0 fully saturated rings. The highest BCUT2D eigenvalue weighted by Crippen LogP contribution is 2.25. The fourth-order valence-corrected chi connectivity index (χ4v) is 4.57. The van der Waals surface area contributed by atoms with E-state index in [1.807, 2.05) is 44.2 Å². The molecule has 0 spiro atoms. The van der Waals surface area contributed by atoms with Gasteiger partial charge in [0.2, 0.25) is 0 Å². The third-order valence-electron chi connectivity index (χ3n) is 5.34. The molecular formula is C23H29N3O4S. The van der Waals surface area contributed by atoms with Crippen LogP contribution < -0.4 is 4.74 Å². The molecule has 0 unspecified atom stereocenters. The minimum Gasteiger partial charge on any atom is -0.497 e. The summed E-state index contributed by atoms with van der Waals surface area (Å²) in [6, 6.07) is 16.4. The van der Waals surface area contributed by atoms with Gasteiger partial charge >= 0.3 is 0 Å². The van der Waals surface area contributed by atoms with Gasteiger partial charge in [0, 0.05) is 25.3 Å². The monoisotopic (exact) mass is 443 g/mol. The summed E-state index contributed by atoms with van der Waals surface area (Å²) in [7, 11) is -2.38. The second kappa shape index (κ2) is 10.1. The van der Waals surface area contributed by atoms with E-state index in [0.29, 0.717) is 11.3 Å². The molecule has 0 aliphatic carbocycles. The van der Waals surface area contributed by atoms with E-state index in [4.69, 9.17) is 4.74 Å². The van der Waals surface area contributed by atoms with Gasteiger partial charge in [0.05, 0.1) is 19.5 Å². The van der Waals surface area contributed by atoms with Gasteiger partial charge < -0.3 is 14.4 Å². The molecule has 0 amide bonds. The van der Waals surface area contributed by atoms with Crippen molar-refractivity contribution in [3.05, 3.63) is 78.2 Å². The summed E-state index contributed by atoms with van der Waals surface area (Å²) in [4.78, 5) is 4.16. The Balaban J connectivity index is 1.92. The van der Waals surface area contributed by atoms with E-state index in [1.165, 1.54) is 4.31 Å². The Kier molecular flexibility index (Phi) is 7.48. The van der Waals surface area contributed by atoms with Crippen LogP contribution in [0.4, 0.5) is 0 Å². The first-order valence-electron chi connectivity index (χ1n) is 10.2. The molecule has 0 saturated carbocycles. The first-order chi connectivity index (χ1) is 14.8. The van der Waals surface area contributed by atoms with Crippen LogP contribution in [-0.2, 0) is 16.6 Å². The van der Waals surface area contributed by atoms with Crippen LogP contribution in [0.2, 0.25) is 0 Å². The van der Waals surface area contributed by atoms with E-state index in [1.54, 1.807) is 48.5 Å². The second-order valence-electron chi connectivity index (χ2n) is 7.49. The molecule has 0 radical (unpaired) electrons. The standard InChI is InChI=1S/C23H29N3O4S/c1-4-18(2)25-16-23(24-17-25)31(28,29)26(14-19-9-6-5-7-10-19)15-22(27)20-11-8-12-21(13-20)30-3/h5-13,16-18,22,27H,4,14-15H2,1-3H3/t18-,22+/m1/s1. The van der Waals surface area contributed by atoms with Crippen LogP contribution in [0.5, 0.6) is 5.75 Å². The molecule has 0 saturated heterocycles. The van der Waals surface area contributed by atoms with Crippen LogP contribution in [0.1, 0.15) is 43.5 Å². The van der Waals surface area contributed by atoms with Gasteiger partial charge in [0.15, 0.2) is 5.03 Å². The zero-order valence-corrected chi connectivity index (χ0v) is 18.9. The molecule has 2 aromatic carbocycles. The summed E-state index contributed by atoms with van der Waals surface area (Å²) < 4.78 is 35.2. The van der Waals surface area contributed by atoms with Gasteiger partial charge in [0.1, 0.15) is 5.75 Å². The van der Waals surface area contributed by atoms with Crippen molar-refractivity contribution in [2.45, 2.75) is 44.0 Å². The number of methoxy groups -OCH3 is 1. The topological polar surface area (TPSA) is 84.7 Å². The van der Waals surface area contributed by atoms with Gasteiger partial charge in [-0.05, 0) is 36.6 Å². The van der Waals surface area contributed by atoms with E-state index < -0.39 is 16.1 Å². The molecule has 8 heteroatoms. The maximum absolute atomic E-state index is 13.5. The predicted octanol–water partition coefficient (Wildman–Crippen LogP) is 3.79. The lowest BCUT2D eigenvalue weighted by atomic mass is 10.1. The Hall–Kier alpha value is -2.68. The number of aliphatic hydroxyl groups is 1. The van der Waals surface area contributed by atoms with Gasteiger partial charge in [-0.3, -0.25) is 0 Å². The number of nitrogens with zero attached hydrogens (tertiary/aromatic N) is 3. The summed E-state index contributed by atoms with van der Waals surface area (Å²) in [6.45, 7) is 4.05. The van der Waals surface area contributed by atoms with Gasteiger partial charge in [-0.2, -0.15) is 4.31 Å². The lowest BCUT2D eigenvalue weighted by Gasteiger charge is -2.24. The van der Waals surface area contributed by atoms with Crippen LogP contribution in [0.15, 0.2) is 72.1 Å². The van der Waals surface area contributed by atoms with Crippen LogP contribution >= 0.6 is 0 Å². The Morgan fingerprint density at radius 3 is 2.58 bits per heavy atom. The van der Waals surface area contributed by atoms with E-state index in [9.17, 15) is 13.5 Å².